The fourth-order valence-electron chi connectivity index (χ4n) is 4.50. The summed E-state index contributed by atoms with van der Waals surface area (Å²) in [6.45, 7) is 5.37. The molecule has 3 rings (SSSR count). The first-order valence-electron chi connectivity index (χ1n) is 13.4. The number of nitrogens with one attached hydrogen (secondary N) is 2. The molecule has 7 heteroatoms. The van der Waals surface area contributed by atoms with Crippen LogP contribution in [0.25, 0.3) is 6.08 Å². The normalized spacial score (nSPS) is 19.3. The molecule has 1 aliphatic rings. The van der Waals surface area contributed by atoms with E-state index in [1.54, 1.807) is 13.0 Å². The maximum Gasteiger partial charge on any atom is 0.246 e. The highest BCUT2D eigenvalue weighted by Crippen LogP contribution is 2.16. The molecule has 1 aliphatic heterocycles. The van der Waals surface area contributed by atoms with Gasteiger partial charge in [0.05, 0.1) is 0 Å². The second-order valence-corrected chi connectivity index (χ2v) is 9.46. The molecule has 1 saturated heterocycles. The molecule has 37 heavy (non-hydrogen) atoms. The number of hydrogen-bond acceptors (Lipinski definition) is 4. The van der Waals surface area contributed by atoms with Gasteiger partial charge in [-0.3, -0.25) is 14.4 Å². The molecule has 0 aliphatic carbocycles. The van der Waals surface area contributed by atoms with Crippen LogP contribution < -0.4 is 10.6 Å². The molecule has 1 heterocycles. The van der Waals surface area contributed by atoms with E-state index >= 15 is 0 Å². The van der Waals surface area contributed by atoms with Crippen LogP contribution in [-0.2, 0) is 14.4 Å². The van der Waals surface area contributed by atoms with Gasteiger partial charge < -0.3 is 20.4 Å². The minimum Gasteiger partial charge on any atom is -0.356 e. The third kappa shape index (κ3) is 10.2. The highest BCUT2D eigenvalue weighted by atomic mass is 16.2. The third-order valence-electron chi connectivity index (χ3n) is 6.59. The van der Waals surface area contributed by atoms with E-state index in [0.717, 1.165) is 30.4 Å². The summed E-state index contributed by atoms with van der Waals surface area (Å²) in [7, 11) is 0. The smallest absolute Gasteiger partial charge is 0.246 e. The van der Waals surface area contributed by atoms with E-state index in [4.69, 9.17) is 0 Å². The monoisotopic (exact) mass is 504 g/mol. The highest BCUT2D eigenvalue weighted by Gasteiger charge is 2.17. The van der Waals surface area contributed by atoms with Crippen LogP contribution in [-0.4, -0.2) is 66.8 Å². The molecule has 2 aromatic rings. The lowest BCUT2D eigenvalue weighted by Gasteiger charge is -2.24. The van der Waals surface area contributed by atoms with E-state index in [0.29, 0.717) is 52.1 Å². The number of rotatable bonds is 3. The molecule has 198 valence electrons. The fourth-order valence-corrected chi connectivity index (χ4v) is 4.50. The molecule has 3 amide bonds. The summed E-state index contributed by atoms with van der Waals surface area (Å²) >= 11 is 0. The van der Waals surface area contributed by atoms with Gasteiger partial charge in [-0.1, -0.05) is 60.7 Å². The molecule has 2 aromatic carbocycles. The Morgan fingerprint density at radius 2 is 1.41 bits per heavy atom. The summed E-state index contributed by atoms with van der Waals surface area (Å²) in [6, 6.07) is 19.7. The topological polar surface area (TPSA) is 81.8 Å². The van der Waals surface area contributed by atoms with E-state index in [-0.39, 0.29) is 23.8 Å². The maximum atomic E-state index is 13.0. The fraction of sp³-hybridized carbons (Fsp3) is 0.433. The zero-order valence-corrected chi connectivity index (χ0v) is 21.9. The maximum absolute atomic E-state index is 13.0. The van der Waals surface area contributed by atoms with E-state index in [1.807, 2.05) is 76.5 Å². The molecular formula is C30H40N4O3. The number of amides is 3. The molecular weight excluding hydrogens is 464 g/mol. The predicted octanol–water partition coefficient (Wildman–Crippen LogP) is 3.79. The van der Waals surface area contributed by atoms with E-state index in [1.165, 1.54) is 0 Å². The van der Waals surface area contributed by atoms with Gasteiger partial charge in [-0.25, -0.2) is 0 Å². The number of nitrogens with zero attached hydrogens (tertiary/aromatic N) is 2. The van der Waals surface area contributed by atoms with Gasteiger partial charge >= 0.3 is 0 Å². The van der Waals surface area contributed by atoms with Crippen LogP contribution in [0, 0.1) is 0 Å². The lowest BCUT2D eigenvalue weighted by atomic mass is 10.0. The Kier molecular flexibility index (Phi) is 11.9. The van der Waals surface area contributed by atoms with Crippen molar-refractivity contribution in [1.29, 1.82) is 0 Å². The first-order valence-corrected chi connectivity index (χ1v) is 13.4. The average Bonchev–Trinajstić information content (AvgIpc) is 2.91. The lowest BCUT2D eigenvalue weighted by Crippen LogP contribution is -2.35. The Morgan fingerprint density at radius 1 is 0.811 bits per heavy atom. The molecule has 7 nitrogen and oxygen atoms in total. The van der Waals surface area contributed by atoms with Gasteiger partial charge in [0, 0.05) is 58.2 Å². The predicted molar refractivity (Wildman–Crippen MR) is 148 cm³/mol. The van der Waals surface area contributed by atoms with Crippen molar-refractivity contribution in [2.45, 2.75) is 45.1 Å². The largest absolute Gasteiger partial charge is 0.356 e. The summed E-state index contributed by atoms with van der Waals surface area (Å²) < 4.78 is 0. The van der Waals surface area contributed by atoms with Gasteiger partial charge in [0.2, 0.25) is 17.7 Å². The zero-order valence-electron chi connectivity index (χ0n) is 21.9. The minimum atomic E-state index is -0.0936. The van der Waals surface area contributed by atoms with Gasteiger partial charge in [-0.2, -0.15) is 0 Å². The molecule has 1 atom stereocenters. The van der Waals surface area contributed by atoms with Crippen LogP contribution in [0.2, 0.25) is 0 Å². The minimum absolute atomic E-state index is 0.0159. The van der Waals surface area contributed by atoms with Crippen LogP contribution in [0.5, 0.6) is 0 Å². The van der Waals surface area contributed by atoms with Crippen LogP contribution in [0.3, 0.4) is 0 Å². The Balaban J connectivity index is 1.66. The summed E-state index contributed by atoms with van der Waals surface area (Å²) in [6.07, 6.45) is 6.93. The van der Waals surface area contributed by atoms with Crippen molar-refractivity contribution in [3.63, 3.8) is 0 Å². The Bertz CT molecular complexity index is 1010. The molecule has 0 radical (unpaired) electrons. The average molecular weight is 505 g/mol. The van der Waals surface area contributed by atoms with Crippen molar-refractivity contribution in [1.82, 2.24) is 20.4 Å². The van der Waals surface area contributed by atoms with E-state index < -0.39 is 0 Å². The number of hydrogen-bond donors (Lipinski definition) is 2. The lowest BCUT2D eigenvalue weighted by molar-refractivity contribution is -0.129. The van der Waals surface area contributed by atoms with Crippen molar-refractivity contribution in [2.75, 3.05) is 39.3 Å². The van der Waals surface area contributed by atoms with Gasteiger partial charge in [-0.05, 0) is 49.4 Å². The van der Waals surface area contributed by atoms with Gasteiger partial charge in [-0.15, -0.1) is 0 Å². The quantitative estimate of drug-likeness (QED) is 0.624. The Hall–Kier alpha value is -3.45. The molecule has 0 aromatic heterocycles. The van der Waals surface area contributed by atoms with E-state index in [2.05, 4.69) is 10.6 Å². The summed E-state index contributed by atoms with van der Waals surface area (Å²) in [4.78, 5) is 41.6. The van der Waals surface area contributed by atoms with Crippen molar-refractivity contribution in [3.05, 3.63) is 77.9 Å². The van der Waals surface area contributed by atoms with Crippen molar-refractivity contribution < 1.29 is 14.4 Å². The SMILES string of the molecule is CC(=O)N1CCCCN(C(=O)/C=C\c2ccccc2)CCCNC(=O)CC(c2ccccc2)NCCC1. The molecule has 1 fully saturated rings. The van der Waals surface area contributed by atoms with Crippen LogP contribution in [0.4, 0.5) is 0 Å². The zero-order chi connectivity index (χ0) is 26.3. The summed E-state index contributed by atoms with van der Waals surface area (Å²) in [5.74, 6) is 0.0124. The Morgan fingerprint density at radius 3 is 2.11 bits per heavy atom. The van der Waals surface area contributed by atoms with Crippen molar-refractivity contribution in [3.8, 4) is 0 Å². The number of benzene rings is 2. The first kappa shape index (κ1) is 28.1. The molecule has 0 bridgehead atoms. The summed E-state index contributed by atoms with van der Waals surface area (Å²) in [5.41, 5.74) is 2.05. The van der Waals surface area contributed by atoms with Gasteiger partial charge in [0.15, 0.2) is 0 Å². The number of carbonyl (C=O) groups excluding carboxylic acids is 3. The van der Waals surface area contributed by atoms with Crippen molar-refractivity contribution in [2.24, 2.45) is 0 Å². The van der Waals surface area contributed by atoms with Gasteiger partial charge in [0.25, 0.3) is 0 Å². The van der Waals surface area contributed by atoms with Crippen LogP contribution in [0.1, 0.15) is 56.2 Å². The third-order valence-corrected chi connectivity index (χ3v) is 6.59. The summed E-state index contributed by atoms with van der Waals surface area (Å²) in [5, 5.41) is 6.54. The van der Waals surface area contributed by atoms with Crippen LogP contribution in [0.15, 0.2) is 66.7 Å². The molecule has 0 saturated carbocycles. The molecule has 1 unspecified atom stereocenters. The van der Waals surface area contributed by atoms with E-state index in [9.17, 15) is 14.4 Å². The second kappa shape index (κ2) is 15.6. The highest BCUT2D eigenvalue weighted by molar-refractivity contribution is 5.91. The first-order chi connectivity index (χ1) is 18.0. The van der Waals surface area contributed by atoms with Gasteiger partial charge in [0.1, 0.15) is 0 Å². The number of carbonyl (C=O) groups is 3. The molecule has 0 spiro atoms. The molecule has 2 N–H and O–H groups in total. The second-order valence-electron chi connectivity index (χ2n) is 9.46. The standard InChI is InChI=1S/C30H40N4O3/c1-25(35)33-20-8-9-21-34(30(37)17-16-26-12-4-2-5-13-26)23-11-19-32-29(36)24-28(31-18-10-22-33)27-14-6-3-7-15-27/h2-7,12-17,28,31H,8-11,18-24H2,1H3,(H,32,36)/b17-16-. The van der Waals surface area contributed by atoms with Crippen molar-refractivity contribution >= 4 is 23.8 Å². The van der Waals surface area contributed by atoms with Crippen LogP contribution >= 0.6 is 0 Å². The Labute approximate surface area is 220 Å².